The quantitative estimate of drug-likeness (QED) is 0.839. The van der Waals surface area contributed by atoms with Crippen LogP contribution in [0.15, 0.2) is 18.2 Å². The van der Waals surface area contributed by atoms with Crippen LogP contribution in [0.1, 0.15) is 37.8 Å². The Hall–Kier alpha value is -0.930. The van der Waals surface area contributed by atoms with E-state index in [1.165, 1.54) is 7.11 Å². The van der Waals surface area contributed by atoms with Crippen LogP contribution < -0.4 is 10.5 Å². The van der Waals surface area contributed by atoms with Crippen molar-refractivity contribution in [2.24, 2.45) is 5.73 Å². The number of ether oxygens (including phenoxy) is 1. The second kappa shape index (κ2) is 7.36. The van der Waals surface area contributed by atoms with Crippen molar-refractivity contribution >= 4 is 12.4 Å². The van der Waals surface area contributed by atoms with Crippen LogP contribution in [0.2, 0.25) is 0 Å². The molecule has 4 heteroatoms. The molecule has 1 aromatic carbocycles. The average Bonchev–Trinajstić information content (AvgIpc) is 2.25. The monoisotopic (exact) mass is 245 g/mol. The van der Waals surface area contributed by atoms with Crippen molar-refractivity contribution in [2.75, 3.05) is 7.11 Å². The first-order valence-electron chi connectivity index (χ1n) is 5.31. The Balaban J connectivity index is 0.00000225. The number of unbranched alkanes of at least 4 members (excludes halogenated alkanes) is 1. The van der Waals surface area contributed by atoms with Crippen molar-refractivity contribution in [3.63, 3.8) is 0 Å². The second-order valence-corrected chi connectivity index (χ2v) is 3.68. The SMILES string of the molecule is CCCCC(N)c1ccc(OC)c(O)c1.Cl. The second-order valence-electron chi connectivity index (χ2n) is 3.68. The third-order valence-corrected chi connectivity index (χ3v) is 2.50. The Bertz CT molecular complexity index is 318. The molecule has 0 aliphatic rings. The first-order chi connectivity index (χ1) is 7.19. The number of aromatic hydroxyl groups is 1. The Labute approximate surface area is 103 Å². The van der Waals surface area contributed by atoms with Gasteiger partial charge in [0.2, 0.25) is 0 Å². The molecular formula is C12H20ClNO2. The molecule has 3 nitrogen and oxygen atoms in total. The minimum Gasteiger partial charge on any atom is -0.504 e. The van der Waals surface area contributed by atoms with E-state index in [0.717, 1.165) is 24.8 Å². The summed E-state index contributed by atoms with van der Waals surface area (Å²) >= 11 is 0. The van der Waals surface area contributed by atoms with Gasteiger partial charge in [-0.15, -0.1) is 12.4 Å². The van der Waals surface area contributed by atoms with Gasteiger partial charge in [0, 0.05) is 6.04 Å². The van der Waals surface area contributed by atoms with Gasteiger partial charge in [-0.2, -0.15) is 0 Å². The number of methoxy groups -OCH3 is 1. The van der Waals surface area contributed by atoms with Crippen molar-refractivity contribution in [1.82, 2.24) is 0 Å². The number of rotatable bonds is 5. The predicted molar refractivity (Wildman–Crippen MR) is 68.4 cm³/mol. The lowest BCUT2D eigenvalue weighted by Gasteiger charge is -2.12. The van der Waals surface area contributed by atoms with Gasteiger partial charge < -0.3 is 15.6 Å². The fourth-order valence-corrected chi connectivity index (χ4v) is 1.53. The van der Waals surface area contributed by atoms with E-state index in [2.05, 4.69) is 6.92 Å². The molecule has 1 unspecified atom stereocenters. The summed E-state index contributed by atoms with van der Waals surface area (Å²) in [5, 5.41) is 9.59. The topological polar surface area (TPSA) is 55.5 Å². The van der Waals surface area contributed by atoms with Crippen molar-refractivity contribution in [2.45, 2.75) is 32.2 Å². The maximum Gasteiger partial charge on any atom is 0.160 e. The molecule has 0 radical (unpaired) electrons. The van der Waals surface area contributed by atoms with Gasteiger partial charge in [-0.3, -0.25) is 0 Å². The van der Waals surface area contributed by atoms with E-state index < -0.39 is 0 Å². The predicted octanol–water partition coefficient (Wildman–Crippen LogP) is 3.01. The molecule has 0 aliphatic carbocycles. The van der Waals surface area contributed by atoms with Crippen LogP contribution in [-0.2, 0) is 0 Å². The van der Waals surface area contributed by atoms with Crippen LogP contribution in [0, 0.1) is 0 Å². The van der Waals surface area contributed by atoms with Crippen molar-refractivity contribution in [1.29, 1.82) is 0 Å². The normalized spacial score (nSPS) is 11.7. The van der Waals surface area contributed by atoms with Crippen molar-refractivity contribution in [3.8, 4) is 11.5 Å². The molecule has 0 aromatic heterocycles. The summed E-state index contributed by atoms with van der Waals surface area (Å²) < 4.78 is 4.97. The highest BCUT2D eigenvalue weighted by atomic mass is 35.5. The molecule has 0 saturated carbocycles. The van der Waals surface area contributed by atoms with E-state index >= 15 is 0 Å². The third kappa shape index (κ3) is 3.91. The summed E-state index contributed by atoms with van der Waals surface area (Å²) in [5.41, 5.74) is 6.95. The van der Waals surface area contributed by atoms with Gasteiger partial charge in [0.15, 0.2) is 11.5 Å². The van der Waals surface area contributed by atoms with Gasteiger partial charge in [-0.1, -0.05) is 25.8 Å². The van der Waals surface area contributed by atoms with Gasteiger partial charge in [-0.25, -0.2) is 0 Å². The Kier molecular flexibility index (Phi) is 6.93. The summed E-state index contributed by atoms with van der Waals surface area (Å²) in [6.45, 7) is 2.14. The molecule has 0 aliphatic heterocycles. The van der Waals surface area contributed by atoms with Crippen LogP contribution in [0.5, 0.6) is 11.5 Å². The van der Waals surface area contributed by atoms with Gasteiger partial charge in [-0.05, 0) is 24.1 Å². The average molecular weight is 246 g/mol. The van der Waals surface area contributed by atoms with E-state index in [4.69, 9.17) is 10.5 Å². The number of phenolic OH excluding ortho intramolecular Hbond substituents is 1. The first-order valence-corrected chi connectivity index (χ1v) is 5.31. The highest BCUT2D eigenvalue weighted by molar-refractivity contribution is 5.85. The Morgan fingerprint density at radius 3 is 2.62 bits per heavy atom. The molecule has 3 N–H and O–H groups in total. The molecule has 16 heavy (non-hydrogen) atoms. The lowest BCUT2D eigenvalue weighted by Crippen LogP contribution is -2.09. The molecule has 0 spiro atoms. The number of phenols is 1. The van der Waals surface area contributed by atoms with E-state index in [-0.39, 0.29) is 24.2 Å². The molecule has 1 atom stereocenters. The molecular weight excluding hydrogens is 226 g/mol. The molecule has 0 bridgehead atoms. The van der Waals surface area contributed by atoms with E-state index in [1.54, 1.807) is 12.1 Å². The highest BCUT2D eigenvalue weighted by Crippen LogP contribution is 2.29. The first kappa shape index (κ1) is 15.1. The van der Waals surface area contributed by atoms with Crippen molar-refractivity contribution < 1.29 is 9.84 Å². The minimum atomic E-state index is 0. The lowest BCUT2D eigenvalue weighted by molar-refractivity contribution is 0.372. The van der Waals surface area contributed by atoms with Crippen LogP contribution >= 0.6 is 12.4 Å². The molecule has 0 amide bonds. The maximum absolute atomic E-state index is 9.59. The number of hydrogen-bond acceptors (Lipinski definition) is 3. The molecule has 0 heterocycles. The molecule has 1 rings (SSSR count). The van der Waals surface area contributed by atoms with E-state index in [9.17, 15) is 5.11 Å². The van der Waals surface area contributed by atoms with Gasteiger partial charge in [0.05, 0.1) is 7.11 Å². The third-order valence-electron chi connectivity index (χ3n) is 2.50. The number of benzene rings is 1. The maximum atomic E-state index is 9.59. The lowest BCUT2D eigenvalue weighted by atomic mass is 10.0. The van der Waals surface area contributed by atoms with E-state index in [0.29, 0.717) is 5.75 Å². The molecule has 1 aromatic rings. The standard InChI is InChI=1S/C12H19NO2.ClH/c1-3-4-5-10(13)9-6-7-12(15-2)11(14)8-9;/h6-8,10,14H,3-5,13H2,1-2H3;1H. The number of nitrogens with two attached hydrogens (primary N) is 1. The highest BCUT2D eigenvalue weighted by Gasteiger charge is 2.08. The smallest absolute Gasteiger partial charge is 0.160 e. The van der Waals surface area contributed by atoms with Crippen LogP contribution in [0.4, 0.5) is 0 Å². The Morgan fingerprint density at radius 1 is 1.44 bits per heavy atom. The van der Waals surface area contributed by atoms with Crippen molar-refractivity contribution in [3.05, 3.63) is 23.8 Å². The fraction of sp³-hybridized carbons (Fsp3) is 0.500. The Morgan fingerprint density at radius 2 is 2.12 bits per heavy atom. The largest absolute Gasteiger partial charge is 0.504 e. The molecule has 92 valence electrons. The van der Waals surface area contributed by atoms with Gasteiger partial charge >= 0.3 is 0 Å². The van der Waals surface area contributed by atoms with Gasteiger partial charge in [0.1, 0.15) is 0 Å². The zero-order valence-corrected chi connectivity index (χ0v) is 10.6. The van der Waals surface area contributed by atoms with E-state index in [1.807, 2.05) is 6.07 Å². The molecule has 0 fully saturated rings. The number of hydrogen-bond donors (Lipinski definition) is 2. The number of halogens is 1. The van der Waals surface area contributed by atoms with Crippen LogP contribution in [0.3, 0.4) is 0 Å². The minimum absolute atomic E-state index is 0. The summed E-state index contributed by atoms with van der Waals surface area (Å²) in [7, 11) is 1.53. The zero-order valence-electron chi connectivity index (χ0n) is 9.77. The van der Waals surface area contributed by atoms with Gasteiger partial charge in [0.25, 0.3) is 0 Å². The summed E-state index contributed by atoms with van der Waals surface area (Å²) in [6.07, 6.45) is 3.19. The van der Waals surface area contributed by atoms with Crippen LogP contribution in [-0.4, -0.2) is 12.2 Å². The van der Waals surface area contributed by atoms with Crippen LogP contribution in [0.25, 0.3) is 0 Å². The fourth-order valence-electron chi connectivity index (χ4n) is 1.53. The summed E-state index contributed by atoms with van der Waals surface area (Å²) in [6, 6.07) is 5.33. The zero-order chi connectivity index (χ0) is 11.3. The molecule has 0 saturated heterocycles. The summed E-state index contributed by atoms with van der Waals surface area (Å²) in [4.78, 5) is 0. The summed E-state index contributed by atoms with van der Waals surface area (Å²) in [5.74, 6) is 0.642.